The van der Waals surface area contributed by atoms with Gasteiger partial charge in [0.1, 0.15) is 16.7 Å². The fraction of sp³-hybridized carbons (Fsp3) is 0.143. The van der Waals surface area contributed by atoms with E-state index < -0.39 is 0 Å². The number of fused-ring (bicyclic) bond motifs is 8. The molecule has 0 fully saturated rings. The highest BCUT2D eigenvalue weighted by molar-refractivity contribution is 6.10. The van der Waals surface area contributed by atoms with E-state index in [1.165, 1.54) is 10.9 Å². The molecule has 4 aromatic heterocycles. The first kappa shape index (κ1) is 24.9. The molecule has 0 amide bonds. The molecule has 9 nitrogen and oxygen atoms in total. The maximum atomic E-state index is 14.4. The van der Waals surface area contributed by atoms with Crippen LogP contribution in [0.2, 0.25) is 0 Å². The van der Waals surface area contributed by atoms with Gasteiger partial charge in [-0.3, -0.25) is 13.9 Å². The Balaban J connectivity index is 1.33. The monoisotopic (exact) mass is 578 g/mol. The van der Waals surface area contributed by atoms with Crippen molar-refractivity contribution >= 4 is 55.0 Å². The predicted molar refractivity (Wildman–Crippen MR) is 171 cm³/mol. The van der Waals surface area contributed by atoms with Crippen molar-refractivity contribution in [1.29, 1.82) is 0 Å². The van der Waals surface area contributed by atoms with Gasteiger partial charge in [0.25, 0.3) is 5.56 Å². The number of benzene rings is 4. The van der Waals surface area contributed by atoms with Crippen molar-refractivity contribution in [2.24, 2.45) is 0 Å². The molecule has 0 bridgehead atoms. The first-order valence-electron chi connectivity index (χ1n) is 14.7. The zero-order chi connectivity index (χ0) is 29.5. The molecule has 0 aliphatic carbocycles. The summed E-state index contributed by atoms with van der Waals surface area (Å²) in [4.78, 5) is 29.5. The largest absolute Gasteiger partial charge is 0.454 e. The zero-order valence-corrected chi connectivity index (χ0v) is 24.1. The molecule has 0 atom stereocenters. The average molecular weight is 579 g/mol. The maximum Gasteiger partial charge on any atom is 0.265 e. The Labute approximate surface area is 250 Å². The second-order valence-electron chi connectivity index (χ2n) is 11.1. The molecule has 0 unspecified atom stereocenters. The summed E-state index contributed by atoms with van der Waals surface area (Å²) in [6.07, 6.45) is 0. The second-order valence-corrected chi connectivity index (χ2v) is 11.1. The molecule has 5 heterocycles. The van der Waals surface area contributed by atoms with Crippen LogP contribution in [-0.2, 0) is 13.1 Å². The molecule has 214 valence electrons. The Kier molecular flexibility index (Phi) is 5.17. The third-order valence-corrected chi connectivity index (χ3v) is 8.66. The van der Waals surface area contributed by atoms with Crippen LogP contribution < -0.4 is 15.0 Å². The lowest BCUT2D eigenvalue weighted by Gasteiger charge is -2.12. The summed E-state index contributed by atoms with van der Waals surface area (Å²) in [5.74, 6) is 1.98. The number of hydrogen-bond acceptors (Lipinski definition) is 6. The number of aryl methyl sites for hydroxylation is 2. The Hall–Kier alpha value is -5.70. The van der Waals surface area contributed by atoms with Gasteiger partial charge in [0.2, 0.25) is 6.79 Å². The van der Waals surface area contributed by atoms with E-state index in [2.05, 4.69) is 54.0 Å². The van der Waals surface area contributed by atoms with Gasteiger partial charge in [0, 0.05) is 34.0 Å². The number of para-hydroxylation sites is 3. The minimum atomic E-state index is -0.165. The summed E-state index contributed by atoms with van der Waals surface area (Å²) in [5.41, 5.74) is 7.13. The first-order valence-corrected chi connectivity index (χ1v) is 14.7. The van der Waals surface area contributed by atoms with Gasteiger partial charge in [-0.25, -0.2) is 15.0 Å². The normalized spacial score (nSPS) is 12.9. The van der Waals surface area contributed by atoms with Crippen LogP contribution in [0.3, 0.4) is 0 Å². The summed E-state index contributed by atoms with van der Waals surface area (Å²) in [6, 6.07) is 28.3. The van der Waals surface area contributed by atoms with Crippen molar-refractivity contribution < 1.29 is 9.47 Å². The van der Waals surface area contributed by atoms with Crippen LogP contribution in [-0.4, -0.2) is 35.4 Å². The fourth-order valence-corrected chi connectivity index (χ4v) is 6.60. The van der Waals surface area contributed by atoms with E-state index in [4.69, 9.17) is 24.4 Å². The van der Waals surface area contributed by atoms with E-state index in [0.29, 0.717) is 46.1 Å². The van der Waals surface area contributed by atoms with Crippen LogP contribution in [0.1, 0.15) is 18.3 Å². The number of nitrogens with zero attached hydrogens (tertiary/aromatic N) is 6. The predicted octanol–water partition coefficient (Wildman–Crippen LogP) is 6.50. The summed E-state index contributed by atoms with van der Waals surface area (Å²) >= 11 is 0. The number of rotatable bonds is 4. The minimum absolute atomic E-state index is 0.165. The van der Waals surface area contributed by atoms with Gasteiger partial charge >= 0.3 is 0 Å². The van der Waals surface area contributed by atoms with Crippen LogP contribution in [0.4, 0.5) is 0 Å². The van der Waals surface area contributed by atoms with Crippen LogP contribution >= 0.6 is 0 Å². The first-order chi connectivity index (χ1) is 21.6. The van der Waals surface area contributed by atoms with Crippen molar-refractivity contribution in [3.05, 3.63) is 107 Å². The van der Waals surface area contributed by atoms with Gasteiger partial charge in [-0.05, 0) is 67.9 Å². The van der Waals surface area contributed by atoms with E-state index in [-0.39, 0.29) is 12.4 Å². The third-order valence-electron chi connectivity index (χ3n) is 8.66. The Morgan fingerprint density at radius 1 is 0.750 bits per heavy atom. The highest BCUT2D eigenvalue weighted by Gasteiger charge is 2.23. The van der Waals surface area contributed by atoms with Crippen LogP contribution in [0.15, 0.2) is 89.7 Å². The molecule has 0 N–H and O–H groups in total. The zero-order valence-electron chi connectivity index (χ0n) is 24.1. The Morgan fingerprint density at radius 3 is 2.39 bits per heavy atom. The van der Waals surface area contributed by atoms with Crippen LogP contribution in [0, 0.1) is 6.92 Å². The minimum Gasteiger partial charge on any atom is -0.454 e. The van der Waals surface area contributed by atoms with E-state index >= 15 is 0 Å². The molecular weight excluding hydrogens is 552 g/mol. The quantitative estimate of drug-likeness (QED) is 0.237. The molecule has 0 radical (unpaired) electrons. The van der Waals surface area contributed by atoms with E-state index in [9.17, 15) is 4.79 Å². The maximum absolute atomic E-state index is 14.4. The molecule has 0 saturated heterocycles. The van der Waals surface area contributed by atoms with Gasteiger partial charge in [-0.2, -0.15) is 0 Å². The highest BCUT2D eigenvalue weighted by atomic mass is 16.7. The Bertz CT molecular complexity index is 2540. The standard InChI is InChI=1S/C35H26N6O3/c1-3-39-27-11-7-4-8-23(27)24-17-22(13-14-28(24)39)41-33-31(32-34(41)38-26-10-6-5-9-25(26)37-32)35(42)40(20(2)36-33)18-21-12-15-29-30(16-21)44-19-43-29/h4-17H,3,18-19H2,1-2H3. The lowest BCUT2D eigenvalue weighted by atomic mass is 10.1. The number of hydrogen-bond donors (Lipinski definition) is 0. The lowest BCUT2D eigenvalue weighted by Crippen LogP contribution is -2.24. The molecule has 1 aliphatic heterocycles. The van der Waals surface area contributed by atoms with Crippen molar-refractivity contribution in [3.63, 3.8) is 0 Å². The van der Waals surface area contributed by atoms with E-state index in [0.717, 1.165) is 39.7 Å². The molecular formula is C35H26N6O3. The Morgan fingerprint density at radius 2 is 1.52 bits per heavy atom. The molecule has 4 aromatic carbocycles. The summed E-state index contributed by atoms with van der Waals surface area (Å²) in [7, 11) is 0. The molecule has 0 spiro atoms. The molecule has 44 heavy (non-hydrogen) atoms. The fourth-order valence-electron chi connectivity index (χ4n) is 6.60. The SMILES string of the molecule is CCn1c2ccccc2c2cc(-n3c4nc5ccccc5nc4c4c(=O)n(Cc5ccc6c(c5)OCO6)c(C)nc43)ccc21. The third kappa shape index (κ3) is 3.46. The van der Waals surface area contributed by atoms with Gasteiger partial charge in [-0.15, -0.1) is 0 Å². The highest BCUT2D eigenvalue weighted by Crippen LogP contribution is 2.35. The van der Waals surface area contributed by atoms with E-state index in [1.54, 1.807) is 4.57 Å². The molecule has 1 aliphatic rings. The lowest BCUT2D eigenvalue weighted by molar-refractivity contribution is 0.174. The number of ether oxygens (including phenoxy) is 2. The van der Waals surface area contributed by atoms with Gasteiger partial charge in [0.15, 0.2) is 22.8 Å². The summed E-state index contributed by atoms with van der Waals surface area (Å²) in [5, 5.41) is 2.76. The van der Waals surface area contributed by atoms with Gasteiger partial charge in [0.05, 0.1) is 17.6 Å². The van der Waals surface area contributed by atoms with Crippen LogP contribution in [0.25, 0.3) is 60.7 Å². The molecule has 8 aromatic rings. The second kappa shape index (κ2) is 9.15. The van der Waals surface area contributed by atoms with Crippen molar-refractivity contribution in [2.45, 2.75) is 26.9 Å². The van der Waals surface area contributed by atoms with Crippen molar-refractivity contribution in [1.82, 2.24) is 28.7 Å². The molecule has 9 rings (SSSR count). The van der Waals surface area contributed by atoms with Crippen molar-refractivity contribution in [3.8, 4) is 17.2 Å². The smallest absolute Gasteiger partial charge is 0.265 e. The van der Waals surface area contributed by atoms with Gasteiger partial charge in [-0.1, -0.05) is 36.4 Å². The van der Waals surface area contributed by atoms with Gasteiger partial charge < -0.3 is 14.0 Å². The van der Waals surface area contributed by atoms with E-state index in [1.807, 2.05) is 54.0 Å². The number of aromatic nitrogens is 6. The van der Waals surface area contributed by atoms with Crippen LogP contribution in [0.5, 0.6) is 11.5 Å². The molecule has 0 saturated carbocycles. The van der Waals surface area contributed by atoms with Crippen molar-refractivity contribution in [2.75, 3.05) is 6.79 Å². The average Bonchev–Trinajstić information content (AvgIpc) is 3.73. The summed E-state index contributed by atoms with van der Waals surface area (Å²) < 4.78 is 17.1. The summed E-state index contributed by atoms with van der Waals surface area (Å²) in [6.45, 7) is 5.42. The molecule has 9 heteroatoms. The topological polar surface area (TPSA) is 89.0 Å².